The smallest absolute Gasteiger partial charge is 0.254 e. The summed E-state index contributed by atoms with van der Waals surface area (Å²) in [4.78, 5) is 24.5. The molecule has 8 nitrogen and oxygen atoms in total. The van der Waals surface area contributed by atoms with Crippen LogP contribution in [0.25, 0.3) is 16.6 Å². The van der Waals surface area contributed by atoms with E-state index in [-0.39, 0.29) is 17.8 Å². The fourth-order valence-corrected chi connectivity index (χ4v) is 4.79. The molecule has 186 valence electrons. The second-order valence-electron chi connectivity index (χ2n) is 9.13. The van der Waals surface area contributed by atoms with Gasteiger partial charge in [0, 0.05) is 30.9 Å². The first-order valence-electron chi connectivity index (χ1n) is 12.3. The Balaban J connectivity index is 1.38. The fraction of sp³-hybridized carbons (Fsp3) is 0.333. The highest BCUT2D eigenvalue weighted by Crippen LogP contribution is 2.25. The number of nitrogens with zero attached hydrogens (tertiary/aromatic N) is 5. The molecule has 5 rings (SSSR count). The lowest BCUT2D eigenvalue weighted by atomic mass is 10.0. The lowest BCUT2D eigenvalue weighted by Crippen LogP contribution is -2.41. The van der Waals surface area contributed by atoms with E-state index in [0.29, 0.717) is 28.2 Å². The molecule has 1 amide bonds. The van der Waals surface area contributed by atoms with E-state index in [4.69, 9.17) is 0 Å². The van der Waals surface area contributed by atoms with Crippen LogP contribution >= 0.6 is 0 Å². The molecule has 0 aliphatic carbocycles. The van der Waals surface area contributed by atoms with Crippen LogP contribution in [0.15, 0.2) is 61.2 Å². The third-order valence-corrected chi connectivity index (χ3v) is 6.92. The number of hydrogen-bond donors (Lipinski definition) is 2. The number of fused-ring (bicyclic) bond motifs is 1. The molecule has 2 N–H and O–H groups in total. The number of halogens is 1. The number of carbonyl (C=O) groups is 1. The summed E-state index contributed by atoms with van der Waals surface area (Å²) < 4.78 is 15.0. The van der Waals surface area contributed by atoms with Gasteiger partial charge in [0.05, 0.1) is 35.2 Å². The first-order valence-corrected chi connectivity index (χ1v) is 12.3. The Kier molecular flexibility index (Phi) is 6.90. The molecule has 36 heavy (non-hydrogen) atoms. The van der Waals surface area contributed by atoms with E-state index < -0.39 is 0 Å². The molecule has 1 aliphatic heterocycles. The zero-order valence-corrected chi connectivity index (χ0v) is 20.5. The van der Waals surface area contributed by atoms with Crippen molar-refractivity contribution in [1.29, 1.82) is 0 Å². The van der Waals surface area contributed by atoms with Crippen molar-refractivity contribution in [2.24, 2.45) is 0 Å². The molecule has 0 radical (unpaired) electrons. The highest BCUT2D eigenvalue weighted by Gasteiger charge is 2.22. The van der Waals surface area contributed by atoms with Gasteiger partial charge in [0.25, 0.3) is 5.91 Å². The molecule has 1 fully saturated rings. The topological polar surface area (TPSA) is 88.0 Å². The van der Waals surface area contributed by atoms with E-state index >= 15 is 0 Å². The first-order chi connectivity index (χ1) is 17.5. The van der Waals surface area contributed by atoms with Crippen LogP contribution in [-0.4, -0.2) is 51.8 Å². The summed E-state index contributed by atoms with van der Waals surface area (Å²) in [7, 11) is 2.09. The highest BCUT2D eigenvalue weighted by atomic mass is 19.1. The molecular formula is C27H30FN7O. The molecule has 3 aromatic heterocycles. The van der Waals surface area contributed by atoms with Gasteiger partial charge < -0.3 is 15.5 Å². The summed E-state index contributed by atoms with van der Waals surface area (Å²) in [5.41, 5.74) is 2.83. The predicted molar refractivity (Wildman–Crippen MR) is 138 cm³/mol. The number of carbonyl (C=O) groups excluding carboxylic acids is 1. The van der Waals surface area contributed by atoms with E-state index in [9.17, 15) is 9.18 Å². The number of pyridine rings is 2. The largest absolute Gasteiger partial charge is 0.357 e. The van der Waals surface area contributed by atoms with Crippen molar-refractivity contribution in [3.8, 4) is 5.69 Å². The molecule has 4 heterocycles. The van der Waals surface area contributed by atoms with Gasteiger partial charge in [0.2, 0.25) is 0 Å². The monoisotopic (exact) mass is 487 g/mol. The van der Waals surface area contributed by atoms with E-state index in [1.54, 1.807) is 35.4 Å². The van der Waals surface area contributed by atoms with Crippen molar-refractivity contribution in [3.63, 3.8) is 0 Å². The van der Waals surface area contributed by atoms with Gasteiger partial charge in [-0.05, 0) is 74.3 Å². The Morgan fingerprint density at radius 1 is 1.19 bits per heavy atom. The molecule has 1 aliphatic rings. The molecule has 1 aromatic carbocycles. The quantitative estimate of drug-likeness (QED) is 0.409. The van der Waals surface area contributed by atoms with Gasteiger partial charge in [-0.1, -0.05) is 6.92 Å². The van der Waals surface area contributed by atoms with Crippen LogP contribution in [0.1, 0.15) is 48.1 Å². The van der Waals surface area contributed by atoms with E-state index in [2.05, 4.69) is 43.7 Å². The average Bonchev–Trinajstić information content (AvgIpc) is 3.36. The van der Waals surface area contributed by atoms with Crippen LogP contribution in [0.3, 0.4) is 0 Å². The number of nitrogens with one attached hydrogen (secondary N) is 2. The third-order valence-electron chi connectivity index (χ3n) is 6.92. The zero-order chi connectivity index (χ0) is 25.1. The van der Waals surface area contributed by atoms with Gasteiger partial charge in [-0.2, -0.15) is 5.10 Å². The van der Waals surface area contributed by atoms with Crippen molar-refractivity contribution in [2.45, 2.75) is 38.3 Å². The molecular weight excluding hydrogens is 457 g/mol. The lowest BCUT2D eigenvalue weighted by molar-refractivity contribution is 0.0937. The summed E-state index contributed by atoms with van der Waals surface area (Å²) in [5.74, 6) is 0.375. The number of amides is 1. The minimum absolute atomic E-state index is 0.178. The van der Waals surface area contributed by atoms with Gasteiger partial charge in [-0.3, -0.25) is 9.78 Å². The van der Waals surface area contributed by atoms with Crippen molar-refractivity contribution in [3.05, 3.63) is 78.1 Å². The third kappa shape index (κ3) is 4.79. The molecule has 4 aromatic rings. The molecule has 0 unspecified atom stereocenters. The van der Waals surface area contributed by atoms with Gasteiger partial charge in [0.15, 0.2) is 0 Å². The number of benzene rings is 1. The van der Waals surface area contributed by atoms with Crippen molar-refractivity contribution < 1.29 is 9.18 Å². The number of piperidine rings is 1. The van der Waals surface area contributed by atoms with E-state index in [0.717, 1.165) is 43.7 Å². The maximum atomic E-state index is 13.4. The van der Waals surface area contributed by atoms with E-state index in [1.165, 1.54) is 12.1 Å². The summed E-state index contributed by atoms with van der Waals surface area (Å²) in [6, 6.07) is 10.3. The number of aromatic nitrogens is 4. The van der Waals surface area contributed by atoms with Gasteiger partial charge >= 0.3 is 0 Å². The van der Waals surface area contributed by atoms with Gasteiger partial charge in [0.1, 0.15) is 11.6 Å². The Bertz CT molecular complexity index is 1350. The fourth-order valence-electron chi connectivity index (χ4n) is 4.79. The van der Waals surface area contributed by atoms with Crippen molar-refractivity contribution in [2.75, 3.05) is 25.0 Å². The Labute approximate surface area is 209 Å². The predicted octanol–water partition coefficient (Wildman–Crippen LogP) is 4.02. The maximum absolute atomic E-state index is 13.4. The number of rotatable bonds is 7. The minimum Gasteiger partial charge on any atom is -0.357 e. The lowest BCUT2D eigenvalue weighted by Gasteiger charge is -2.33. The van der Waals surface area contributed by atoms with Crippen LogP contribution in [0, 0.1) is 5.82 Å². The molecule has 1 saturated heterocycles. The summed E-state index contributed by atoms with van der Waals surface area (Å²) >= 11 is 0. The van der Waals surface area contributed by atoms with Crippen LogP contribution < -0.4 is 15.5 Å². The molecule has 0 spiro atoms. The van der Waals surface area contributed by atoms with Crippen molar-refractivity contribution in [1.82, 2.24) is 30.4 Å². The number of hydrogen-bond acceptors (Lipinski definition) is 6. The molecule has 0 bridgehead atoms. The zero-order valence-electron chi connectivity index (χ0n) is 20.5. The standard InChI is InChI=1S/C27H30FN7O/c1-3-24(18-8-13-31-26(14-18)34(2)20-9-11-29-12-10-20)33-27(36)23-15-30-17-25-22(23)16-32-35(25)21-6-4-19(28)5-7-21/h4-8,13-17,20,24,29H,3,9-12H2,1-2H3,(H,33,36)/t24-/m0/s1. The Morgan fingerprint density at radius 3 is 2.72 bits per heavy atom. The Morgan fingerprint density at radius 2 is 1.97 bits per heavy atom. The van der Waals surface area contributed by atoms with Crippen LogP contribution in [0.2, 0.25) is 0 Å². The molecule has 1 atom stereocenters. The second-order valence-corrected chi connectivity index (χ2v) is 9.13. The van der Waals surface area contributed by atoms with Crippen LogP contribution in [-0.2, 0) is 0 Å². The first kappa shape index (κ1) is 23.9. The van der Waals surface area contributed by atoms with Crippen LogP contribution in [0.5, 0.6) is 0 Å². The molecule has 9 heteroatoms. The van der Waals surface area contributed by atoms with Crippen molar-refractivity contribution >= 4 is 22.6 Å². The second kappa shape index (κ2) is 10.4. The summed E-state index contributed by atoms with van der Waals surface area (Å²) in [5, 5.41) is 11.7. The minimum atomic E-state index is -0.319. The van der Waals surface area contributed by atoms with Gasteiger partial charge in [-0.25, -0.2) is 14.1 Å². The average molecular weight is 488 g/mol. The normalized spacial score (nSPS) is 15.1. The Hall–Kier alpha value is -3.85. The van der Waals surface area contributed by atoms with Gasteiger partial charge in [-0.15, -0.1) is 0 Å². The highest BCUT2D eigenvalue weighted by molar-refractivity contribution is 6.06. The molecule has 0 saturated carbocycles. The van der Waals surface area contributed by atoms with Crippen LogP contribution in [0.4, 0.5) is 10.2 Å². The van der Waals surface area contributed by atoms with E-state index in [1.807, 2.05) is 19.2 Å². The SMILES string of the molecule is CC[C@H](NC(=O)c1cncc2c1cnn2-c1ccc(F)cc1)c1ccnc(N(C)C2CCNCC2)c1. The number of anilines is 1. The maximum Gasteiger partial charge on any atom is 0.254 e. The summed E-state index contributed by atoms with van der Waals surface area (Å²) in [6.45, 7) is 4.08. The summed E-state index contributed by atoms with van der Waals surface area (Å²) in [6.07, 6.45) is 9.57.